The van der Waals surface area contributed by atoms with E-state index in [2.05, 4.69) is 182 Å². The van der Waals surface area contributed by atoms with E-state index in [0.717, 1.165) is 27.8 Å². The van der Waals surface area contributed by atoms with Gasteiger partial charge in [-0.15, -0.1) is 0 Å². The minimum atomic E-state index is -0.524. The highest BCUT2D eigenvalue weighted by atomic mass is 15.0. The summed E-state index contributed by atoms with van der Waals surface area (Å²) in [5.41, 5.74) is 11.9. The topological polar surface area (TPSA) is 38.7 Å². The van der Waals surface area contributed by atoms with Crippen molar-refractivity contribution in [2.24, 2.45) is 0 Å². The summed E-state index contributed by atoms with van der Waals surface area (Å²) in [5.74, 6) is 1.91. The number of benzene rings is 8. The molecule has 0 saturated heterocycles. The summed E-state index contributed by atoms with van der Waals surface area (Å²) in [4.78, 5) is 15.7. The van der Waals surface area contributed by atoms with Crippen LogP contribution in [0.5, 0.6) is 0 Å². The lowest BCUT2D eigenvalue weighted by atomic mass is 9.67. The monoisotopic (exact) mass is 675 g/mol. The summed E-state index contributed by atoms with van der Waals surface area (Å²) in [5, 5.41) is 2.39. The zero-order valence-corrected chi connectivity index (χ0v) is 28.9. The lowest BCUT2D eigenvalue weighted by molar-refractivity contribution is 0.768. The molecule has 1 heterocycles. The molecule has 10 rings (SSSR count). The molecule has 0 amide bonds. The Bertz CT molecular complexity index is 2730. The molecule has 8 aromatic carbocycles. The van der Waals surface area contributed by atoms with Gasteiger partial charge in [-0.2, -0.15) is 0 Å². The molecule has 0 radical (unpaired) electrons. The molecular formula is C50H33N3. The van der Waals surface area contributed by atoms with E-state index in [-0.39, 0.29) is 0 Å². The fourth-order valence-corrected chi connectivity index (χ4v) is 8.30. The second-order valence-electron chi connectivity index (χ2n) is 13.5. The molecule has 3 heteroatoms. The molecule has 53 heavy (non-hydrogen) atoms. The van der Waals surface area contributed by atoms with Crippen molar-refractivity contribution < 1.29 is 0 Å². The lowest BCUT2D eigenvalue weighted by Gasteiger charge is -2.34. The molecule has 9 aromatic rings. The number of hydrogen-bond donors (Lipinski definition) is 0. The number of fused-ring (bicyclic) bond motifs is 4. The van der Waals surface area contributed by atoms with Crippen molar-refractivity contribution in [3.63, 3.8) is 0 Å². The van der Waals surface area contributed by atoms with Crippen LogP contribution in [0.1, 0.15) is 22.3 Å². The van der Waals surface area contributed by atoms with Crippen molar-refractivity contribution in [3.05, 3.63) is 222 Å². The number of rotatable bonds is 6. The number of aromatic nitrogens is 3. The van der Waals surface area contributed by atoms with Crippen molar-refractivity contribution in [1.29, 1.82) is 0 Å². The van der Waals surface area contributed by atoms with Crippen LogP contribution in [0.25, 0.3) is 67.2 Å². The lowest BCUT2D eigenvalue weighted by Crippen LogP contribution is -2.28. The molecule has 1 aromatic heterocycles. The number of hydrogen-bond acceptors (Lipinski definition) is 3. The summed E-state index contributed by atoms with van der Waals surface area (Å²) in [7, 11) is 0. The average Bonchev–Trinajstić information content (AvgIpc) is 3.54. The molecule has 0 atom stereocenters. The first-order valence-corrected chi connectivity index (χ1v) is 18.0. The summed E-state index contributed by atoms with van der Waals surface area (Å²) in [6.45, 7) is 0. The largest absolute Gasteiger partial charge is 0.208 e. The third-order valence-corrected chi connectivity index (χ3v) is 10.6. The SMILES string of the molecule is c1ccc(-c2nc(-c3ccc4c(c3)C(c3ccccc3)(c3ccccc3)c3ccccc3-4)nc(-c3ccccc3-c3cccc4ccccc34)n2)cc1. The van der Waals surface area contributed by atoms with Gasteiger partial charge in [0.2, 0.25) is 0 Å². The summed E-state index contributed by atoms with van der Waals surface area (Å²) in [6, 6.07) is 71.0. The van der Waals surface area contributed by atoms with Crippen LogP contribution in [0.2, 0.25) is 0 Å². The predicted molar refractivity (Wildman–Crippen MR) is 216 cm³/mol. The zero-order chi connectivity index (χ0) is 35.2. The van der Waals surface area contributed by atoms with Gasteiger partial charge in [-0.25, -0.2) is 15.0 Å². The van der Waals surface area contributed by atoms with Gasteiger partial charge in [-0.1, -0.05) is 194 Å². The molecule has 0 spiro atoms. The Hall–Kier alpha value is -6.97. The van der Waals surface area contributed by atoms with Crippen LogP contribution in [0.3, 0.4) is 0 Å². The van der Waals surface area contributed by atoms with Crippen LogP contribution in [0.4, 0.5) is 0 Å². The quantitative estimate of drug-likeness (QED) is 0.176. The van der Waals surface area contributed by atoms with Crippen LogP contribution in [-0.2, 0) is 5.41 Å². The molecule has 0 bridgehead atoms. The molecule has 0 saturated carbocycles. The molecule has 0 aliphatic heterocycles. The molecule has 3 nitrogen and oxygen atoms in total. The average molecular weight is 676 g/mol. The zero-order valence-electron chi connectivity index (χ0n) is 28.9. The third kappa shape index (κ3) is 5.01. The summed E-state index contributed by atoms with van der Waals surface area (Å²) < 4.78 is 0. The Labute approximate surface area is 309 Å². The van der Waals surface area contributed by atoms with Gasteiger partial charge >= 0.3 is 0 Å². The van der Waals surface area contributed by atoms with Crippen LogP contribution in [-0.4, -0.2) is 15.0 Å². The van der Waals surface area contributed by atoms with Gasteiger partial charge in [-0.05, 0) is 61.3 Å². The summed E-state index contributed by atoms with van der Waals surface area (Å²) >= 11 is 0. The van der Waals surface area contributed by atoms with Crippen LogP contribution < -0.4 is 0 Å². The highest BCUT2D eigenvalue weighted by Gasteiger charge is 2.46. The van der Waals surface area contributed by atoms with Gasteiger partial charge in [-0.3, -0.25) is 0 Å². The van der Waals surface area contributed by atoms with E-state index < -0.39 is 5.41 Å². The highest BCUT2D eigenvalue weighted by Crippen LogP contribution is 2.56. The fraction of sp³-hybridized carbons (Fsp3) is 0.0200. The van der Waals surface area contributed by atoms with Crippen molar-refractivity contribution >= 4 is 10.8 Å². The van der Waals surface area contributed by atoms with Gasteiger partial charge in [0, 0.05) is 16.7 Å². The molecule has 0 N–H and O–H groups in total. The number of nitrogens with zero attached hydrogens (tertiary/aromatic N) is 3. The Kier molecular flexibility index (Phi) is 7.36. The summed E-state index contributed by atoms with van der Waals surface area (Å²) in [6.07, 6.45) is 0. The van der Waals surface area contributed by atoms with Crippen LogP contribution >= 0.6 is 0 Å². The maximum Gasteiger partial charge on any atom is 0.164 e. The third-order valence-electron chi connectivity index (χ3n) is 10.6. The van der Waals surface area contributed by atoms with Gasteiger partial charge in [0.15, 0.2) is 17.5 Å². The van der Waals surface area contributed by atoms with Crippen LogP contribution in [0.15, 0.2) is 200 Å². The van der Waals surface area contributed by atoms with E-state index in [1.807, 2.05) is 18.2 Å². The standard InChI is InChI=1S/C50H33N3/c1-4-18-35(19-5-1)47-51-48(53-49(52-47)44-28-13-12-26-41(44)40-29-16-20-34-17-10-11-25-39(34)40)36-31-32-43-42-27-14-15-30-45(42)50(46(43)33-36,37-21-6-2-7-22-37)38-23-8-3-9-24-38/h1-33H. The first-order valence-electron chi connectivity index (χ1n) is 18.0. The van der Waals surface area contributed by atoms with E-state index in [1.165, 1.54) is 44.2 Å². The molecule has 0 fully saturated rings. The van der Waals surface area contributed by atoms with Crippen LogP contribution in [0, 0.1) is 0 Å². The maximum absolute atomic E-state index is 5.31. The Morgan fingerprint density at radius 1 is 0.302 bits per heavy atom. The molecule has 0 unspecified atom stereocenters. The maximum atomic E-state index is 5.31. The van der Waals surface area contributed by atoms with Gasteiger partial charge in [0.25, 0.3) is 0 Å². The molecular weight excluding hydrogens is 643 g/mol. The van der Waals surface area contributed by atoms with Gasteiger partial charge < -0.3 is 0 Å². The first-order chi connectivity index (χ1) is 26.3. The minimum Gasteiger partial charge on any atom is -0.208 e. The fourth-order valence-electron chi connectivity index (χ4n) is 8.30. The molecule has 1 aliphatic carbocycles. The van der Waals surface area contributed by atoms with Crippen molar-refractivity contribution in [1.82, 2.24) is 15.0 Å². The second kappa shape index (κ2) is 12.7. The predicted octanol–water partition coefficient (Wildman–Crippen LogP) is 12.1. The van der Waals surface area contributed by atoms with E-state index in [0.29, 0.717) is 17.5 Å². The first kappa shape index (κ1) is 30.8. The Balaban J connectivity index is 1.22. The Morgan fingerprint density at radius 2 is 0.811 bits per heavy atom. The van der Waals surface area contributed by atoms with Gasteiger partial charge in [0.1, 0.15) is 0 Å². The Morgan fingerprint density at radius 3 is 1.55 bits per heavy atom. The smallest absolute Gasteiger partial charge is 0.164 e. The molecule has 248 valence electrons. The van der Waals surface area contributed by atoms with E-state index >= 15 is 0 Å². The van der Waals surface area contributed by atoms with Gasteiger partial charge in [0.05, 0.1) is 5.41 Å². The van der Waals surface area contributed by atoms with E-state index in [1.54, 1.807) is 0 Å². The van der Waals surface area contributed by atoms with E-state index in [4.69, 9.17) is 15.0 Å². The van der Waals surface area contributed by atoms with Crippen molar-refractivity contribution in [2.75, 3.05) is 0 Å². The second-order valence-corrected chi connectivity index (χ2v) is 13.5. The van der Waals surface area contributed by atoms with Crippen molar-refractivity contribution in [2.45, 2.75) is 5.41 Å². The van der Waals surface area contributed by atoms with E-state index in [9.17, 15) is 0 Å². The minimum absolute atomic E-state index is 0.524. The van der Waals surface area contributed by atoms with Crippen molar-refractivity contribution in [3.8, 4) is 56.4 Å². The normalized spacial score (nSPS) is 12.7. The highest BCUT2D eigenvalue weighted by molar-refractivity contribution is 6.00. The molecule has 1 aliphatic rings.